The summed E-state index contributed by atoms with van der Waals surface area (Å²) < 4.78 is 29.3. The Morgan fingerprint density at radius 2 is 2.19 bits per heavy atom. The highest BCUT2D eigenvalue weighted by molar-refractivity contribution is 7.92. The first-order valence-electron chi connectivity index (χ1n) is 5.50. The molecule has 1 aromatic rings. The van der Waals surface area contributed by atoms with Crippen LogP contribution in [0.25, 0.3) is 0 Å². The van der Waals surface area contributed by atoms with Crippen molar-refractivity contribution < 1.29 is 12.8 Å². The average molecular weight is 243 g/mol. The quantitative estimate of drug-likeness (QED) is 0.810. The third-order valence-electron chi connectivity index (χ3n) is 3.06. The van der Waals surface area contributed by atoms with Crippen molar-refractivity contribution in [1.29, 1.82) is 0 Å². The van der Waals surface area contributed by atoms with Crippen molar-refractivity contribution in [1.82, 2.24) is 5.32 Å². The normalized spacial score (nSPS) is 29.9. The van der Waals surface area contributed by atoms with Crippen LogP contribution in [0.5, 0.6) is 0 Å². The van der Waals surface area contributed by atoms with Gasteiger partial charge in [0, 0.05) is 0 Å². The van der Waals surface area contributed by atoms with Crippen molar-refractivity contribution in [3.63, 3.8) is 0 Å². The fourth-order valence-corrected chi connectivity index (χ4v) is 3.47. The van der Waals surface area contributed by atoms with Crippen LogP contribution in [0.2, 0.25) is 0 Å². The van der Waals surface area contributed by atoms with Gasteiger partial charge >= 0.3 is 0 Å². The zero-order valence-electron chi connectivity index (χ0n) is 9.56. The van der Waals surface area contributed by atoms with Crippen molar-refractivity contribution in [3.8, 4) is 0 Å². The van der Waals surface area contributed by atoms with E-state index in [9.17, 15) is 8.42 Å². The Balaban J connectivity index is 2.24. The van der Waals surface area contributed by atoms with E-state index >= 15 is 0 Å². The van der Waals surface area contributed by atoms with Crippen LogP contribution in [0.4, 0.5) is 0 Å². The molecule has 90 valence electrons. The minimum Gasteiger partial charge on any atom is -0.465 e. The molecule has 0 spiro atoms. The lowest BCUT2D eigenvalue weighted by atomic mass is 10.2. The molecule has 16 heavy (non-hydrogen) atoms. The van der Waals surface area contributed by atoms with E-state index < -0.39 is 9.84 Å². The van der Waals surface area contributed by atoms with E-state index in [1.165, 1.54) is 0 Å². The van der Waals surface area contributed by atoms with E-state index in [4.69, 9.17) is 4.42 Å². The van der Waals surface area contributed by atoms with E-state index in [-0.39, 0.29) is 17.0 Å². The Labute approximate surface area is 95.9 Å². The van der Waals surface area contributed by atoms with Crippen LogP contribution >= 0.6 is 0 Å². The monoisotopic (exact) mass is 243 g/mol. The zero-order valence-corrected chi connectivity index (χ0v) is 10.4. The summed E-state index contributed by atoms with van der Waals surface area (Å²) >= 11 is 0. The van der Waals surface area contributed by atoms with Gasteiger partial charge in [0.1, 0.15) is 11.5 Å². The summed E-state index contributed by atoms with van der Waals surface area (Å²) in [6.45, 7) is 4.34. The van der Waals surface area contributed by atoms with Gasteiger partial charge in [0.15, 0.2) is 9.84 Å². The van der Waals surface area contributed by atoms with E-state index in [1.807, 2.05) is 19.1 Å². The molecule has 1 saturated heterocycles. The van der Waals surface area contributed by atoms with Gasteiger partial charge in [-0.2, -0.15) is 0 Å². The number of sulfone groups is 1. The summed E-state index contributed by atoms with van der Waals surface area (Å²) in [5, 5.41) is 2.96. The molecular weight excluding hydrogens is 226 g/mol. The second-order valence-electron chi connectivity index (χ2n) is 4.38. The molecule has 4 nitrogen and oxygen atoms in total. The fourth-order valence-electron chi connectivity index (χ4n) is 1.92. The molecule has 1 aliphatic heterocycles. The molecule has 5 heteroatoms. The van der Waals surface area contributed by atoms with Crippen LogP contribution in [0.3, 0.4) is 0 Å². The predicted molar refractivity (Wildman–Crippen MR) is 62.1 cm³/mol. The molecule has 0 radical (unpaired) electrons. The van der Waals surface area contributed by atoms with Gasteiger partial charge in [-0.15, -0.1) is 0 Å². The minimum atomic E-state index is -3.01. The van der Waals surface area contributed by atoms with E-state index in [0.717, 1.165) is 11.5 Å². The zero-order chi connectivity index (χ0) is 11.8. The number of nitrogens with one attached hydrogen (secondary N) is 1. The summed E-state index contributed by atoms with van der Waals surface area (Å²) in [5.74, 6) is 1.66. The lowest BCUT2D eigenvalue weighted by Gasteiger charge is -2.12. The third-order valence-corrected chi connectivity index (χ3v) is 5.32. The molecule has 2 heterocycles. The van der Waals surface area contributed by atoms with Gasteiger partial charge in [-0.05, 0) is 38.9 Å². The summed E-state index contributed by atoms with van der Waals surface area (Å²) in [7, 11) is -3.01. The summed E-state index contributed by atoms with van der Waals surface area (Å²) in [6.07, 6.45) is 0.665. The molecule has 2 atom stereocenters. The lowest BCUT2D eigenvalue weighted by Crippen LogP contribution is -2.25. The van der Waals surface area contributed by atoms with Gasteiger partial charge in [-0.1, -0.05) is 0 Å². The molecular formula is C11H17NO3S. The Morgan fingerprint density at radius 1 is 1.44 bits per heavy atom. The highest BCUT2D eigenvalue weighted by Gasteiger charge is 2.30. The Bertz CT molecular complexity index is 463. The first kappa shape index (κ1) is 11.7. The Hall–Kier alpha value is -0.810. The van der Waals surface area contributed by atoms with Crippen molar-refractivity contribution in [3.05, 3.63) is 23.7 Å². The third kappa shape index (κ3) is 2.30. The second-order valence-corrected chi connectivity index (χ2v) is 6.85. The van der Waals surface area contributed by atoms with Crippen LogP contribution in [0.15, 0.2) is 16.5 Å². The summed E-state index contributed by atoms with van der Waals surface area (Å²) in [5.41, 5.74) is 0. The standard InChI is InChI=1S/C11H17NO3S/c1-8-3-4-11(15-8)10-7-16(13,14)9(2)5-6-12-10/h3-4,9-10,12H,5-7H2,1-2H3. The smallest absolute Gasteiger partial charge is 0.154 e. The van der Waals surface area contributed by atoms with Gasteiger partial charge in [0.25, 0.3) is 0 Å². The molecule has 0 aromatic carbocycles. The maximum atomic E-state index is 11.9. The highest BCUT2D eigenvalue weighted by Crippen LogP contribution is 2.23. The summed E-state index contributed by atoms with van der Waals surface area (Å²) in [4.78, 5) is 0. The molecule has 0 amide bonds. The molecule has 0 aliphatic carbocycles. The van der Waals surface area contributed by atoms with Gasteiger partial charge in [0.2, 0.25) is 0 Å². The predicted octanol–water partition coefficient (Wildman–Crippen LogP) is 1.43. The summed E-state index contributed by atoms with van der Waals surface area (Å²) in [6, 6.07) is 3.50. The van der Waals surface area contributed by atoms with Crippen molar-refractivity contribution in [2.24, 2.45) is 0 Å². The Kier molecular flexibility index (Phi) is 3.08. The molecule has 1 aromatic heterocycles. The average Bonchev–Trinajstić information content (AvgIpc) is 2.57. The number of aryl methyl sites for hydroxylation is 1. The van der Waals surface area contributed by atoms with Crippen molar-refractivity contribution in [2.75, 3.05) is 12.3 Å². The Morgan fingerprint density at radius 3 is 2.81 bits per heavy atom. The molecule has 2 rings (SSSR count). The second kappa shape index (κ2) is 4.22. The molecule has 1 fully saturated rings. The van der Waals surface area contributed by atoms with Gasteiger partial charge < -0.3 is 9.73 Å². The molecule has 1 N–H and O–H groups in total. The number of hydrogen-bond donors (Lipinski definition) is 1. The van der Waals surface area contributed by atoms with Crippen molar-refractivity contribution >= 4 is 9.84 Å². The molecule has 0 saturated carbocycles. The lowest BCUT2D eigenvalue weighted by molar-refractivity contribution is 0.420. The maximum absolute atomic E-state index is 11.9. The topological polar surface area (TPSA) is 59.3 Å². The van der Waals surface area contributed by atoms with Crippen LogP contribution in [-0.4, -0.2) is 26.0 Å². The molecule has 0 bridgehead atoms. The number of rotatable bonds is 1. The minimum absolute atomic E-state index is 0.126. The van der Waals surface area contributed by atoms with E-state index in [1.54, 1.807) is 6.92 Å². The van der Waals surface area contributed by atoms with Crippen LogP contribution in [-0.2, 0) is 9.84 Å². The van der Waals surface area contributed by atoms with Gasteiger partial charge in [0.05, 0.1) is 17.0 Å². The fraction of sp³-hybridized carbons (Fsp3) is 0.636. The SMILES string of the molecule is Cc1ccc(C2CS(=O)(=O)C(C)CCN2)o1. The first-order valence-corrected chi connectivity index (χ1v) is 7.22. The largest absolute Gasteiger partial charge is 0.465 e. The van der Waals surface area contributed by atoms with Crippen LogP contribution in [0, 0.1) is 6.92 Å². The van der Waals surface area contributed by atoms with Gasteiger partial charge in [-0.3, -0.25) is 0 Å². The van der Waals surface area contributed by atoms with Gasteiger partial charge in [-0.25, -0.2) is 8.42 Å². The highest BCUT2D eigenvalue weighted by atomic mass is 32.2. The number of hydrogen-bond acceptors (Lipinski definition) is 4. The first-order chi connectivity index (χ1) is 7.49. The van der Waals surface area contributed by atoms with Crippen LogP contribution in [0.1, 0.15) is 30.9 Å². The molecule has 2 unspecified atom stereocenters. The van der Waals surface area contributed by atoms with Crippen molar-refractivity contribution in [2.45, 2.75) is 31.6 Å². The molecule has 1 aliphatic rings. The maximum Gasteiger partial charge on any atom is 0.154 e. The number of furan rings is 1. The van der Waals surface area contributed by atoms with Crippen LogP contribution < -0.4 is 5.32 Å². The van der Waals surface area contributed by atoms with E-state index in [2.05, 4.69) is 5.32 Å². The van der Waals surface area contributed by atoms with E-state index in [0.29, 0.717) is 13.0 Å².